The van der Waals surface area contributed by atoms with Crippen LogP contribution in [0.3, 0.4) is 0 Å². The molecule has 1 heteroatoms. The summed E-state index contributed by atoms with van der Waals surface area (Å²) in [5, 5.41) is 0. The first-order valence-electron chi connectivity index (χ1n) is 4.69. The molecule has 0 aromatic carbocycles. The van der Waals surface area contributed by atoms with Crippen LogP contribution in [0.2, 0.25) is 0 Å². The zero-order valence-electron chi connectivity index (χ0n) is 7.73. The van der Waals surface area contributed by atoms with Crippen molar-refractivity contribution in [1.82, 2.24) is 0 Å². The first-order valence-corrected chi connectivity index (χ1v) is 4.69. The average Bonchev–Trinajstić information content (AvgIpc) is 2.14. The van der Waals surface area contributed by atoms with Gasteiger partial charge in [0.05, 0.1) is 13.2 Å². The lowest BCUT2D eigenvalue weighted by atomic mass is 10.1. The molecule has 1 aliphatic rings. The lowest BCUT2D eigenvalue weighted by Gasteiger charge is -2.07. The van der Waals surface area contributed by atoms with Crippen molar-refractivity contribution in [2.24, 2.45) is 0 Å². The fourth-order valence-corrected chi connectivity index (χ4v) is 1.08. The molecule has 0 unspecified atom stereocenters. The molecular formula is C11H16O. The molecule has 66 valence electrons. The third-order valence-electron chi connectivity index (χ3n) is 1.87. The Hall–Kier alpha value is -0.740. The van der Waals surface area contributed by atoms with E-state index in [1.165, 1.54) is 18.4 Å². The summed E-state index contributed by atoms with van der Waals surface area (Å²) in [4.78, 5) is 0. The Kier molecular flexibility index (Phi) is 4.56. The van der Waals surface area contributed by atoms with Crippen molar-refractivity contribution in [3.63, 3.8) is 0 Å². The Bertz CT molecular complexity index is 205. The third-order valence-corrected chi connectivity index (χ3v) is 1.87. The predicted octanol–water partition coefficient (Wildman–Crippen LogP) is 2.53. The zero-order valence-corrected chi connectivity index (χ0v) is 7.73. The highest BCUT2D eigenvalue weighted by Crippen LogP contribution is 2.05. The standard InChI is InChI=1S/C11H16O/c1-2-3-4-5-6-11-7-9-12-10-8-11/h7H,2-4,8-10H2,1H3. The van der Waals surface area contributed by atoms with Crippen molar-refractivity contribution in [3.8, 4) is 11.8 Å². The SMILES string of the molecule is CCCCC#CC1=CCOCC1. The quantitative estimate of drug-likeness (QED) is 0.450. The van der Waals surface area contributed by atoms with Gasteiger partial charge in [0.1, 0.15) is 0 Å². The highest BCUT2D eigenvalue weighted by Gasteiger charge is 1.98. The van der Waals surface area contributed by atoms with Gasteiger partial charge < -0.3 is 4.74 Å². The second-order valence-corrected chi connectivity index (χ2v) is 2.96. The fourth-order valence-electron chi connectivity index (χ4n) is 1.08. The van der Waals surface area contributed by atoms with Gasteiger partial charge in [-0.25, -0.2) is 0 Å². The van der Waals surface area contributed by atoms with E-state index in [1.807, 2.05) is 0 Å². The third kappa shape index (κ3) is 3.59. The summed E-state index contributed by atoms with van der Waals surface area (Å²) in [5.41, 5.74) is 1.26. The van der Waals surface area contributed by atoms with E-state index in [0.29, 0.717) is 0 Å². The molecule has 1 rings (SSSR count). The Morgan fingerprint density at radius 1 is 1.58 bits per heavy atom. The average molecular weight is 164 g/mol. The highest BCUT2D eigenvalue weighted by atomic mass is 16.5. The molecule has 1 aliphatic heterocycles. The summed E-state index contributed by atoms with van der Waals surface area (Å²) in [6.45, 7) is 3.78. The second kappa shape index (κ2) is 5.85. The minimum atomic E-state index is 0.748. The van der Waals surface area contributed by atoms with E-state index in [1.54, 1.807) is 0 Å². The van der Waals surface area contributed by atoms with Crippen LogP contribution in [0.15, 0.2) is 11.6 Å². The molecule has 0 bridgehead atoms. The summed E-state index contributed by atoms with van der Waals surface area (Å²) in [6, 6.07) is 0. The molecule has 0 saturated carbocycles. The molecule has 0 aromatic rings. The van der Waals surface area contributed by atoms with Crippen LogP contribution >= 0.6 is 0 Å². The summed E-state index contributed by atoms with van der Waals surface area (Å²) in [6.07, 6.45) is 6.57. The Morgan fingerprint density at radius 2 is 2.50 bits per heavy atom. The smallest absolute Gasteiger partial charge is 0.0659 e. The molecule has 0 radical (unpaired) electrons. The highest BCUT2D eigenvalue weighted by molar-refractivity contribution is 5.29. The van der Waals surface area contributed by atoms with E-state index in [0.717, 1.165) is 26.1 Å². The fraction of sp³-hybridized carbons (Fsp3) is 0.636. The van der Waals surface area contributed by atoms with E-state index in [-0.39, 0.29) is 0 Å². The molecular weight excluding hydrogens is 148 g/mol. The number of rotatable bonds is 2. The maximum atomic E-state index is 5.18. The van der Waals surface area contributed by atoms with Crippen molar-refractivity contribution < 1.29 is 4.74 Å². The van der Waals surface area contributed by atoms with Crippen LogP contribution in [-0.2, 0) is 4.74 Å². The molecule has 0 N–H and O–H groups in total. The van der Waals surface area contributed by atoms with Gasteiger partial charge in [0.2, 0.25) is 0 Å². The van der Waals surface area contributed by atoms with Crippen LogP contribution in [0.5, 0.6) is 0 Å². The van der Waals surface area contributed by atoms with E-state index < -0.39 is 0 Å². The Morgan fingerprint density at radius 3 is 3.17 bits per heavy atom. The molecule has 0 saturated heterocycles. The van der Waals surface area contributed by atoms with Crippen LogP contribution in [0.4, 0.5) is 0 Å². The van der Waals surface area contributed by atoms with Crippen molar-refractivity contribution in [1.29, 1.82) is 0 Å². The largest absolute Gasteiger partial charge is 0.377 e. The molecule has 0 aliphatic carbocycles. The normalized spacial score (nSPS) is 16.2. The van der Waals surface area contributed by atoms with Crippen LogP contribution in [0, 0.1) is 11.8 Å². The lowest BCUT2D eigenvalue weighted by molar-refractivity contribution is 0.156. The molecule has 1 nitrogen and oxygen atoms in total. The maximum Gasteiger partial charge on any atom is 0.0659 e. The molecule has 0 spiro atoms. The van der Waals surface area contributed by atoms with Crippen LogP contribution in [0.25, 0.3) is 0 Å². The predicted molar refractivity (Wildman–Crippen MR) is 50.8 cm³/mol. The van der Waals surface area contributed by atoms with Gasteiger partial charge in [0.15, 0.2) is 0 Å². The van der Waals surface area contributed by atoms with Gasteiger partial charge in [0.25, 0.3) is 0 Å². The van der Waals surface area contributed by atoms with E-state index in [9.17, 15) is 0 Å². The summed E-state index contributed by atoms with van der Waals surface area (Å²) in [5.74, 6) is 6.37. The van der Waals surface area contributed by atoms with Crippen LogP contribution < -0.4 is 0 Å². The molecule has 0 atom stereocenters. The van der Waals surface area contributed by atoms with Crippen LogP contribution in [0.1, 0.15) is 32.6 Å². The van der Waals surface area contributed by atoms with Gasteiger partial charge >= 0.3 is 0 Å². The van der Waals surface area contributed by atoms with Crippen molar-refractivity contribution in [2.75, 3.05) is 13.2 Å². The monoisotopic (exact) mass is 164 g/mol. The molecule has 0 amide bonds. The molecule has 0 fully saturated rings. The van der Waals surface area contributed by atoms with E-state index in [2.05, 4.69) is 24.8 Å². The topological polar surface area (TPSA) is 9.23 Å². The Balaban J connectivity index is 2.26. The minimum absolute atomic E-state index is 0.748. The number of ether oxygens (including phenoxy) is 1. The maximum absolute atomic E-state index is 5.18. The summed E-state index contributed by atoms with van der Waals surface area (Å²) < 4.78 is 5.18. The van der Waals surface area contributed by atoms with Gasteiger partial charge in [-0.3, -0.25) is 0 Å². The van der Waals surface area contributed by atoms with E-state index in [4.69, 9.17) is 4.74 Å². The summed E-state index contributed by atoms with van der Waals surface area (Å²) in [7, 11) is 0. The number of unbranched alkanes of at least 4 members (excludes halogenated alkanes) is 2. The van der Waals surface area contributed by atoms with Gasteiger partial charge in [0, 0.05) is 18.4 Å². The van der Waals surface area contributed by atoms with Gasteiger partial charge in [-0.1, -0.05) is 25.2 Å². The van der Waals surface area contributed by atoms with Gasteiger partial charge in [-0.15, -0.1) is 0 Å². The first kappa shape index (κ1) is 9.35. The zero-order chi connectivity index (χ0) is 8.65. The second-order valence-electron chi connectivity index (χ2n) is 2.96. The molecule has 0 aromatic heterocycles. The first-order chi connectivity index (χ1) is 5.93. The Labute approximate surface area is 74.8 Å². The molecule has 1 heterocycles. The van der Waals surface area contributed by atoms with Crippen molar-refractivity contribution in [2.45, 2.75) is 32.6 Å². The van der Waals surface area contributed by atoms with Crippen LogP contribution in [-0.4, -0.2) is 13.2 Å². The minimum Gasteiger partial charge on any atom is -0.377 e. The number of hydrogen-bond acceptors (Lipinski definition) is 1. The van der Waals surface area contributed by atoms with Crippen molar-refractivity contribution in [3.05, 3.63) is 11.6 Å². The van der Waals surface area contributed by atoms with Crippen molar-refractivity contribution >= 4 is 0 Å². The number of hydrogen-bond donors (Lipinski definition) is 0. The summed E-state index contributed by atoms with van der Waals surface area (Å²) >= 11 is 0. The van der Waals surface area contributed by atoms with E-state index >= 15 is 0 Å². The lowest BCUT2D eigenvalue weighted by Crippen LogP contribution is -2.02. The van der Waals surface area contributed by atoms with Gasteiger partial charge in [-0.2, -0.15) is 0 Å². The van der Waals surface area contributed by atoms with Gasteiger partial charge in [-0.05, 0) is 12.5 Å². The molecule has 12 heavy (non-hydrogen) atoms.